The van der Waals surface area contributed by atoms with Crippen LogP contribution < -0.4 is 16.3 Å². The summed E-state index contributed by atoms with van der Waals surface area (Å²) in [5, 5.41) is 40.5. The first kappa shape index (κ1) is 46.3. The molecule has 6 aliphatic rings. The van der Waals surface area contributed by atoms with Crippen molar-refractivity contribution in [3.05, 3.63) is 58.2 Å². The van der Waals surface area contributed by atoms with E-state index in [-0.39, 0.29) is 78.8 Å². The normalized spacial score (nSPS) is 35.8. The van der Waals surface area contributed by atoms with Gasteiger partial charge in [0.1, 0.15) is 12.2 Å². The van der Waals surface area contributed by atoms with Crippen molar-refractivity contribution >= 4 is 23.6 Å². The Kier molecular flexibility index (Phi) is 13.2. The molecule has 1 aromatic heterocycles. The highest BCUT2D eigenvalue weighted by atomic mass is 16.7. The van der Waals surface area contributed by atoms with E-state index in [1.807, 2.05) is 33.8 Å². The number of nitrogens with zero attached hydrogens (tertiary/aromatic N) is 1. The van der Waals surface area contributed by atoms with Crippen molar-refractivity contribution in [3.8, 4) is 0 Å². The van der Waals surface area contributed by atoms with Gasteiger partial charge in [-0.25, -0.2) is 4.79 Å². The van der Waals surface area contributed by atoms with Gasteiger partial charge < -0.3 is 44.6 Å². The predicted molar refractivity (Wildman–Crippen MR) is 226 cm³/mol. The smallest absolute Gasteiger partial charge is 0.335 e. The lowest BCUT2D eigenvalue weighted by Gasteiger charge is -2.62. The molecule has 1 aromatic rings. The Bertz CT molecular complexity index is 1960. The topological polar surface area (TPSA) is 214 Å². The van der Waals surface area contributed by atoms with Crippen LogP contribution in [0.15, 0.2) is 51.4 Å². The van der Waals surface area contributed by atoms with E-state index in [1.54, 1.807) is 6.26 Å². The molecule has 342 valence electrons. The Balaban J connectivity index is 0.847. The van der Waals surface area contributed by atoms with Gasteiger partial charge in [0.05, 0.1) is 43.8 Å². The fraction of sp³-hybridized carbons (Fsp3) is 0.723. The van der Waals surface area contributed by atoms with Gasteiger partial charge in [-0.15, -0.1) is 0 Å². The van der Waals surface area contributed by atoms with E-state index in [9.17, 15) is 39.3 Å². The second kappa shape index (κ2) is 17.7. The maximum Gasteiger partial charge on any atom is 0.335 e. The van der Waals surface area contributed by atoms with Crippen molar-refractivity contribution in [2.75, 3.05) is 32.9 Å². The van der Waals surface area contributed by atoms with Crippen LogP contribution in [0.1, 0.15) is 117 Å². The summed E-state index contributed by atoms with van der Waals surface area (Å²) >= 11 is 0. The zero-order chi connectivity index (χ0) is 44.8. The first-order chi connectivity index (χ1) is 29.1. The first-order valence-corrected chi connectivity index (χ1v) is 22.5. The molecule has 5 N–H and O–H groups in total. The maximum atomic E-state index is 13.2. The molecule has 2 aliphatic heterocycles. The predicted octanol–water partition coefficient (Wildman–Crippen LogP) is 3.64. The second-order valence-electron chi connectivity index (χ2n) is 21.0. The molecular formula is C47H67N3O12. The number of carbonyl (C=O) groups excluding carboxylic acids is 4. The summed E-state index contributed by atoms with van der Waals surface area (Å²) in [6.07, 6.45) is 8.91. The molecule has 11 atom stereocenters. The molecule has 62 heavy (non-hydrogen) atoms. The van der Waals surface area contributed by atoms with Gasteiger partial charge in [0.25, 0.3) is 11.8 Å². The summed E-state index contributed by atoms with van der Waals surface area (Å²) in [5.74, 6) is -0.857. The largest absolute Gasteiger partial charge is 0.431 e. The minimum atomic E-state index is -1.38. The minimum absolute atomic E-state index is 0.000799. The van der Waals surface area contributed by atoms with Crippen molar-refractivity contribution in [2.24, 2.45) is 33.5 Å². The van der Waals surface area contributed by atoms with Gasteiger partial charge in [-0.05, 0) is 91.6 Å². The van der Waals surface area contributed by atoms with Gasteiger partial charge in [-0.2, -0.15) is 0 Å². The van der Waals surface area contributed by atoms with Gasteiger partial charge >= 0.3 is 5.63 Å². The van der Waals surface area contributed by atoms with Crippen LogP contribution in [0, 0.1) is 33.5 Å². The van der Waals surface area contributed by atoms with Crippen LogP contribution in [0.5, 0.6) is 0 Å². The number of hydrogen-bond acceptors (Lipinski definition) is 12. The SMILES string of the molecule is CC(C)(CNC(=O)CCN1C(=O)C=CC1=O)COCC(C)(C)CC(=O)NC1COC(OC2C=C3CCC4C(CCC5(C)C(c6ccc(=O)oc6)CCC45O)C3(C)CC2)C(O)C1O. The maximum absolute atomic E-state index is 13.2. The van der Waals surface area contributed by atoms with E-state index in [1.165, 1.54) is 23.8 Å². The Morgan fingerprint density at radius 1 is 0.903 bits per heavy atom. The molecule has 4 aliphatic carbocycles. The van der Waals surface area contributed by atoms with Gasteiger partial charge in [0.15, 0.2) is 6.29 Å². The number of rotatable bonds is 15. The number of hydrogen-bond donors (Lipinski definition) is 5. The van der Waals surface area contributed by atoms with Crippen molar-refractivity contribution in [2.45, 2.75) is 148 Å². The van der Waals surface area contributed by atoms with Crippen molar-refractivity contribution in [1.82, 2.24) is 15.5 Å². The number of aliphatic hydroxyl groups is 3. The van der Waals surface area contributed by atoms with E-state index >= 15 is 0 Å². The summed E-state index contributed by atoms with van der Waals surface area (Å²) in [4.78, 5) is 61.7. The number of amides is 4. The van der Waals surface area contributed by atoms with Crippen LogP contribution in [0.3, 0.4) is 0 Å². The van der Waals surface area contributed by atoms with Crippen molar-refractivity contribution in [1.29, 1.82) is 0 Å². The molecule has 7 rings (SSSR count). The molecule has 0 bridgehead atoms. The quantitative estimate of drug-likeness (QED) is 0.126. The Hall–Kier alpha value is -3.73. The third-order valence-electron chi connectivity index (χ3n) is 15.4. The van der Waals surface area contributed by atoms with E-state index in [0.717, 1.165) is 55.4 Å². The molecule has 3 saturated carbocycles. The molecule has 15 heteroatoms. The number of fused-ring (bicyclic) bond motifs is 5. The highest BCUT2D eigenvalue weighted by Gasteiger charge is 2.66. The number of aliphatic hydroxyl groups excluding tert-OH is 2. The zero-order valence-electron chi connectivity index (χ0n) is 37.2. The summed E-state index contributed by atoms with van der Waals surface area (Å²) in [7, 11) is 0. The lowest BCUT2D eigenvalue weighted by Crippen LogP contribution is -2.61. The summed E-state index contributed by atoms with van der Waals surface area (Å²) < 4.78 is 23.5. The second-order valence-corrected chi connectivity index (χ2v) is 21.0. The molecule has 11 unspecified atom stereocenters. The Morgan fingerprint density at radius 3 is 2.34 bits per heavy atom. The van der Waals surface area contributed by atoms with Crippen molar-refractivity contribution in [3.63, 3.8) is 0 Å². The average Bonchev–Trinajstić information content (AvgIpc) is 3.68. The molecule has 4 fully saturated rings. The Labute approximate surface area is 364 Å². The van der Waals surface area contributed by atoms with Crippen LogP contribution in [0.25, 0.3) is 0 Å². The standard InChI is InChI=1S/C47H67N3O12/c1-43(2,26-59-27-44(3,4)25-48-35(51)16-20-50-37(53)10-11-38(50)54)22-36(52)49-34-24-61-42(41(57)40(34)56)62-30-13-17-45(5)29(21-30)8-9-33-32(45)14-18-46(6)31(15-19-47(33,46)58)28-7-12-39(55)60-23-28/h7,10-12,21,23,30-34,40-42,56-58H,8-9,13-20,22,24-27H2,1-6H3,(H,48,51)(H,49,52). The average molecular weight is 866 g/mol. The highest BCUT2D eigenvalue weighted by Crippen LogP contribution is 2.70. The van der Waals surface area contributed by atoms with Gasteiger partial charge in [0.2, 0.25) is 11.8 Å². The van der Waals surface area contributed by atoms with Crippen LogP contribution in [0.4, 0.5) is 0 Å². The van der Waals surface area contributed by atoms with E-state index in [0.29, 0.717) is 25.5 Å². The number of allylic oxidation sites excluding steroid dienone is 1. The molecule has 4 amide bonds. The number of carbonyl (C=O) groups is 4. The van der Waals surface area contributed by atoms with E-state index < -0.39 is 52.8 Å². The van der Waals surface area contributed by atoms with Gasteiger partial charge in [0, 0.05) is 55.0 Å². The molecule has 0 radical (unpaired) electrons. The fourth-order valence-corrected chi connectivity index (χ4v) is 11.8. The fourth-order valence-electron chi connectivity index (χ4n) is 11.8. The monoisotopic (exact) mass is 865 g/mol. The van der Waals surface area contributed by atoms with Crippen LogP contribution >= 0.6 is 0 Å². The molecule has 0 aromatic carbocycles. The number of ether oxygens (including phenoxy) is 3. The van der Waals surface area contributed by atoms with Gasteiger partial charge in [-0.1, -0.05) is 53.2 Å². The molecule has 3 heterocycles. The van der Waals surface area contributed by atoms with Crippen molar-refractivity contribution < 1.29 is 53.1 Å². The van der Waals surface area contributed by atoms with Crippen LogP contribution in [0.2, 0.25) is 0 Å². The summed E-state index contributed by atoms with van der Waals surface area (Å²) in [6.45, 7) is 13.1. The summed E-state index contributed by atoms with van der Waals surface area (Å²) in [6, 6.07) is 2.50. The molecular weight excluding hydrogens is 799 g/mol. The van der Waals surface area contributed by atoms with Crippen LogP contribution in [-0.2, 0) is 33.4 Å². The third kappa shape index (κ3) is 9.26. The first-order valence-electron chi connectivity index (χ1n) is 22.5. The molecule has 15 nitrogen and oxygen atoms in total. The highest BCUT2D eigenvalue weighted by molar-refractivity contribution is 6.13. The lowest BCUT2D eigenvalue weighted by atomic mass is 9.45. The number of nitrogens with one attached hydrogen (secondary N) is 2. The Morgan fingerprint density at radius 2 is 1.63 bits per heavy atom. The van der Waals surface area contributed by atoms with E-state index in [4.69, 9.17) is 18.6 Å². The minimum Gasteiger partial charge on any atom is -0.431 e. The molecule has 1 saturated heterocycles. The third-order valence-corrected chi connectivity index (χ3v) is 15.4. The number of imide groups is 1. The van der Waals surface area contributed by atoms with Gasteiger partial charge in [-0.3, -0.25) is 24.1 Å². The summed E-state index contributed by atoms with van der Waals surface area (Å²) in [5.41, 5.74) is -0.285. The zero-order valence-corrected chi connectivity index (χ0v) is 37.2. The van der Waals surface area contributed by atoms with Crippen LogP contribution in [-0.4, -0.2) is 113 Å². The van der Waals surface area contributed by atoms with E-state index in [2.05, 4.69) is 30.6 Å². The molecule has 0 spiro atoms. The lowest BCUT2D eigenvalue weighted by molar-refractivity contribution is -0.262.